The zero-order chi connectivity index (χ0) is 12.4. The van der Waals surface area contributed by atoms with Crippen molar-refractivity contribution < 1.29 is 5.11 Å². The van der Waals surface area contributed by atoms with Crippen LogP contribution in [-0.4, -0.2) is 14.7 Å². The first-order valence-corrected chi connectivity index (χ1v) is 6.33. The molecule has 0 bridgehead atoms. The summed E-state index contributed by atoms with van der Waals surface area (Å²) < 4.78 is 2.25. The van der Waals surface area contributed by atoms with Gasteiger partial charge in [0.15, 0.2) is 0 Å². The molecule has 1 saturated carbocycles. The van der Waals surface area contributed by atoms with Crippen LogP contribution in [0.4, 0.5) is 0 Å². The summed E-state index contributed by atoms with van der Waals surface area (Å²) in [5, 5.41) is 13.0. The molecule has 18 heavy (non-hydrogen) atoms. The third-order valence-electron chi connectivity index (χ3n) is 3.30. The number of hydrogen-bond donors (Lipinski definition) is 2. The molecule has 4 nitrogen and oxygen atoms in total. The van der Waals surface area contributed by atoms with Gasteiger partial charge in [-0.2, -0.15) is 0 Å². The molecule has 3 rings (SSSR count). The minimum atomic E-state index is 0.348. The van der Waals surface area contributed by atoms with Crippen LogP contribution in [0.3, 0.4) is 0 Å². The average molecular weight is 243 g/mol. The van der Waals surface area contributed by atoms with Crippen molar-refractivity contribution in [3.05, 3.63) is 48.0 Å². The largest absolute Gasteiger partial charge is 0.508 e. The summed E-state index contributed by atoms with van der Waals surface area (Å²) >= 11 is 0. The standard InChI is InChI=1S/C14H17N3O/c18-14-4-2-1-3-11(14)7-15-8-13-9-16-10-17(13)12-5-6-12/h1-4,9-10,12,15,18H,5-8H2. The maximum absolute atomic E-state index is 9.66. The number of phenols is 1. The molecule has 0 saturated heterocycles. The molecule has 0 unspecified atom stereocenters. The molecule has 0 radical (unpaired) electrons. The summed E-state index contributed by atoms with van der Waals surface area (Å²) in [5.41, 5.74) is 2.14. The monoisotopic (exact) mass is 243 g/mol. The van der Waals surface area contributed by atoms with E-state index < -0.39 is 0 Å². The highest BCUT2D eigenvalue weighted by Crippen LogP contribution is 2.35. The second-order valence-electron chi connectivity index (χ2n) is 4.76. The summed E-state index contributed by atoms with van der Waals surface area (Å²) in [7, 11) is 0. The highest BCUT2D eigenvalue weighted by Gasteiger charge is 2.24. The van der Waals surface area contributed by atoms with Crippen molar-refractivity contribution in [3.8, 4) is 5.75 Å². The molecule has 2 aromatic rings. The summed E-state index contributed by atoms with van der Waals surface area (Å²) in [6.07, 6.45) is 6.36. The van der Waals surface area contributed by atoms with Gasteiger partial charge in [0, 0.05) is 30.9 Å². The van der Waals surface area contributed by atoms with E-state index in [-0.39, 0.29) is 0 Å². The highest BCUT2D eigenvalue weighted by molar-refractivity contribution is 5.31. The van der Waals surface area contributed by atoms with Crippen molar-refractivity contribution in [3.63, 3.8) is 0 Å². The zero-order valence-electron chi connectivity index (χ0n) is 10.2. The van der Waals surface area contributed by atoms with E-state index in [2.05, 4.69) is 14.9 Å². The maximum Gasteiger partial charge on any atom is 0.120 e. The van der Waals surface area contributed by atoms with E-state index in [9.17, 15) is 5.11 Å². The second kappa shape index (κ2) is 4.82. The fourth-order valence-corrected chi connectivity index (χ4v) is 2.14. The van der Waals surface area contributed by atoms with Crippen LogP contribution in [-0.2, 0) is 13.1 Å². The van der Waals surface area contributed by atoms with Gasteiger partial charge in [-0.05, 0) is 18.9 Å². The fourth-order valence-electron chi connectivity index (χ4n) is 2.14. The predicted molar refractivity (Wildman–Crippen MR) is 69.1 cm³/mol. The van der Waals surface area contributed by atoms with Gasteiger partial charge in [-0.15, -0.1) is 0 Å². The quantitative estimate of drug-likeness (QED) is 0.846. The first-order chi connectivity index (χ1) is 8.84. The smallest absolute Gasteiger partial charge is 0.120 e. The van der Waals surface area contributed by atoms with Crippen LogP contribution in [0.5, 0.6) is 5.75 Å². The lowest BCUT2D eigenvalue weighted by molar-refractivity contribution is 0.464. The number of nitrogens with zero attached hydrogens (tertiary/aromatic N) is 2. The van der Waals surface area contributed by atoms with Crippen molar-refractivity contribution in [2.75, 3.05) is 0 Å². The number of benzene rings is 1. The minimum Gasteiger partial charge on any atom is -0.508 e. The molecule has 0 atom stereocenters. The van der Waals surface area contributed by atoms with Crippen molar-refractivity contribution in [2.45, 2.75) is 32.0 Å². The molecule has 1 aliphatic rings. The molecule has 1 aromatic heterocycles. The van der Waals surface area contributed by atoms with Crippen LogP contribution in [0.2, 0.25) is 0 Å². The van der Waals surface area contributed by atoms with E-state index in [1.54, 1.807) is 6.07 Å². The van der Waals surface area contributed by atoms with Gasteiger partial charge < -0.3 is 15.0 Å². The van der Waals surface area contributed by atoms with E-state index >= 15 is 0 Å². The third kappa shape index (κ3) is 2.38. The van der Waals surface area contributed by atoms with Gasteiger partial charge in [0.1, 0.15) is 5.75 Å². The number of hydrogen-bond acceptors (Lipinski definition) is 3. The molecular formula is C14H17N3O. The van der Waals surface area contributed by atoms with Crippen LogP contribution in [0.25, 0.3) is 0 Å². The van der Waals surface area contributed by atoms with Gasteiger partial charge >= 0.3 is 0 Å². The second-order valence-corrected chi connectivity index (χ2v) is 4.76. The van der Waals surface area contributed by atoms with Gasteiger partial charge in [0.05, 0.1) is 12.0 Å². The molecule has 1 aliphatic carbocycles. The van der Waals surface area contributed by atoms with Crippen LogP contribution < -0.4 is 5.32 Å². The Morgan fingerprint density at radius 2 is 2.11 bits per heavy atom. The number of aromatic hydroxyl groups is 1. The zero-order valence-corrected chi connectivity index (χ0v) is 10.2. The van der Waals surface area contributed by atoms with Crippen molar-refractivity contribution in [1.29, 1.82) is 0 Å². The lowest BCUT2D eigenvalue weighted by Gasteiger charge is -2.09. The number of imidazole rings is 1. The average Bonchev–Trinajstić information content (AvgIpc) is 3.12. The van der Waals surface area contributed by atoms with Crippen LogP contribution in [0.1, 0.15) is 30.1 Å². The summed E-state index contributed by atoms with van der Waals surface area (Å²) in [6, 6.07) is 8.08. The summed E-state index contributed by atoms with van der Waals surface area (Å²) in [4.78, 5) is 4.20. The molecule has 94 valence electrons. The van der Waals surface area contributed by atoms with E-state index in [1.807, 2.05) is 30.7 Å². The van der Waals surface area contributed by atoms with E-state index in [1.165, 1.54) is 18.5 Å². The fraction of sp³-hybridized carbons (Fsp3) is 0.357. The first-order valence-electron chi connectivity index (χ1n) is 6.33. The lowest BCUT2D eigenvalue weighted by atomic mass is 10.2. The van der Waals surface area contributed by atoms with Gasteiger partial charge in [-0.3, -0.25) is 0 Å². The Morgan fingerprint density at radius 3 is 2.89 bits per heavy atom. The van der Waals surface area contributed by atoms with Crippen molar-refractivity contribution >= 4 is 0 Å². The van der Waals surface area contributed by atoms with Crippen LogP contribution >= 0.6 is 0 Å². The van der Waals surface area contributed by atoms with Gasteiger partial charge in [0.2, 0.25) is 0 Å². The molecule has 0 amide bonds. The minimum absolute atomic E-state index is 0.348. The Balaban J connectivity index is 1.58. The molecule has 0 aliphatic heterocycles. The Kier molecular flexibility index (Phi) is 3.02. The van der Waals surface area contributed by atoms with E-state index in [0.717, 1.165) is 12.1 Å². The molecule has 1 aromatic carbocycles. The van der Waals surface area contributed by atoms with Gasteiger partial charge in [0.25, 0.3) is 0 Å². The summed E-state index contributed by atoms with van der Waals surface area (Å²) in [6.45, 7) is 1.45. The Hall–Kier alpha value is -1.81. The molecule has 4 heteroatoms. The topological polar surface area (TPSA) is 50.1 Å². The van der Waals surface area contributed by atoms with Crippen molar-refractivity contribution in [2.24, 2.45) is 0 Å². The number of aromatic nitrogens is 2. The van der Waals surface area contributed by atoms with E-state index in [0.29, 0.717) is 18.3 Å². The first kappa shape index (κ1) is 11.3. The van der Waals surface area contributed by atoms with Crippen LogP contribution in [0.15, 0.2) is 36.8 Å². The normalized spacial score (nSPS) is 14.9. The third-order valence-corrected chi connectivity index (χ3v) is 3.30. The number of para-hydroxylation sites is 1. The Morgan fingerprint density at radius 1 is 1.28 bits per heavy atom. The Bertz CT molecular complexity index is 531. The predicted octanol–water partition coefficient (Wildman–Crippen LogP) is 2.21. The number of rotatable bonds is 5. The Labute approximate surface area is 106 Å². The number of phenolic OH excluding ortho intramolecular Hbond substituents is 1. The maximum atomic E-state index is 9.66. The van der Waals surface area contributed by atoms with Gasteiger partial charge in [-0.1, -0.05) is 18.2 Å². The molecule has 0 spiro atoms. The molecule has 2 N–H and O–H groups in total. The highest BCUT2D eigenvalue weighted by atomic mass is 16.3. The van der Waals surface area contributed by atoms with Crippen molar-refractivity contribution in [1.82, 2.24) is 14.9 Å². The molecule has 1 fully saturated rings. The van der Waals surface area contributed by atoms with E-state index in [4.69, 9.17) is 0 Å². The summed E-state index contributed by atoms with van der Waals surface area (Å²) in [5.74, 6) is 0.348. The van der Waals surface area contributed by atoms with Gasteiger partial charge in [-0.25, -0.2) is 4.98 Å². The lowest BCUT2D eigenvalue weighted by Crippen LogP contribution is -2.15. The molecule has 1 heterocycles. The SMILES string of the molecule is Oc1ccccc1CNCc1cncn1C1CC1. The number of nitrogens with one attached hydrogen (secondary N) is 1. The molecular weight excluding hydrogens is 226 g/mol. The van der Waals surface area contributed by atoms with Crippen LogP contribution in [0, 0.1) is 0 Å².